The van der Waals surface area contributed by atoms with Gasteiger partial charge >= 0.3 is 17.8 Å². The molecule has 0 aliphatic heterocycles. The predicted molar refractivity (Wildman–Crippen MR) is 146 cm³/mol. The maximum Gasteiger partial charge on any atom is 0.417 e. The lowest BCUT2D eigenvalue weighted by Gasteiger charge is -2.16. The zero-order chi connectivity index (χ0) is 30.0. The van der Waals surface area contributed by atoms with Crippen molar-refractivity contribution < 1.29 is 40.6 Å². The second-order valence-corrected chi connectivity index (χ2v) is 9.77. The molecule has 222 valence electrons. The summed E-state index contributed by atoms with van der Waals surface area (Å²) in [5.41, 5.74) is -1.65. The summed E-state index contributed by atoms with van der Waals surface area (Å²) in [7, 11) is 0. The lowest BCUT2D eigenvalue weighted by molar-refractivity contribution is -0.138. The Morgan fingerprint density at radius 1 is 0.927 bits per heavy atom. The van der Waals surface area contributed by atoms with Crippen molar-refractivity contribution in [2.24, 2.45) is 0 Å². The van der Waals surface area contributed by atoms with Crippen LogP contribution in [0.2, 0.25) is 0 Å². The molecule has 0 saturated carbocycles. The summed E-state index contributed by atoms with van der Waals surface area (Å²) in [6.45, 7) is 5.08. The predicted octanol–water partition coefficient (Wildman–Crippen LogP) is 8.52. The van der Waals surface area contributed by atoms with E-state index >= 15 is 0 Å². The lowest BCUT2D eigenvalue weighted by Crippen LogP contribution is -2.18. The molecule has 0 saturated heterocycles. The van der Waals surface area contributed by atoms with Gasteiger partial charge in [-0.3, -0.25) is 0 Å². The van der Waals surface area contributed by atoms with E-state index in [-0.39, 0.29) is 48.5 Å². The molecule has 5 nitrogen and oxygen atoms in total. The Balaban J connectivity index is 1.67. The van der Waals surface area contributed by atoms with Crippen molar-refractivity contribution in [1.29, 1.82) is 0 Å². The van der Waals surface area contributed by atoms with Crippen LogP contribution >= 0.6 is 0 Å². The number of carbonyl (C=O) groups excluding carboxylic acids is 1. The van der Waals surface area contributed by atoms with E-state index in [4.69, 9.17) is 13.9 Å². The number of esters is 1. The highest BCUT2D eigenvalue weighted by atomic mass is 19.4. The number of hydrogen-bond donors (Lipinski definition) is 0. The van der Waals surface area contributed by atoms with Crippen LogP contribution in [0.1, 0.15) is 63.0 Å². The van der Waals surface area contributed by atoms with E-state index in [2.05, 4.69) is 6.58 Å². The van der Waals surface area contributed by atoms with Gasteiger partial charge in [-0.1, -0.05) is 38.5 Å². The van der Waals surface area contributed by atoms with Gasteiger partial charge in [0.25, 0.3) is 0 Å². The first-order valence-electron chi connectivity index (χ1n) is 13.5. The first kappa shape index (κ1) is 31.8. The average Bonchev–Trinajstić information content (AvgIpc) is 2.92. The van der Waals surface area contributed by atoms with Crippen molar-refractivity contribution >= 4 is 16.9 Å². The summed E-state index contributed by atoms with van der Waals surface area (Å²) in [5, 5.41) is 0.385. The van der Waals surface area contributed by atoms with Crippen molar-refractivity contribution in [1.82, 2.24) is 0 Å². The van der Waals surface area contributed by atoms with Gasteiger partial charge in [0, 0.05) is 35.9 Å². The topological polar surface area (TPSA) is 65.7 Å². The Bertz CT molecular complexity index is 1390. The molecule has 0 amide bonds. The van der Waals surface area contributed by atoms with E-state index < -0.39 is 42.1 Å². The van der Waals surface area contributed by atoms with Gasteiger partial charge in [-0.05, 0) is 55.5 Å². The number of aryl methyl sites for hydroxylation is 1. The van der Waals surface area contributed by atoms with Crippen LogP contribution in [0.4, 0.5) is 22.0 Å². The second-order valence-electron chi connectivity index (χ2n) is 9.77. The highest BCUT2D eigenvalue weighted by Crippen LogP contribution is 2.38. The molecular weight excluding hydrogens is 547 g/mol. The molecule has 0 fully saturated rings. The summed E-state index contributed by atoms with van der Waals surface area (Å²) in [6, 6.07) is 9.80. The van der Waals surface area contributed by atoms with Gasteiger partial charge in [0.2, 0.25) is 5.92 Å². The maximum atomic E-state index is 14.0. The zero-order valence-corrected chi connectivity index (χ0v) is 22.8. The fraction of sp³-hybridized carbons (Fsp3) is 0.419. The minimum Gasteiger partial charge on any atom is -0.493 e. The number of fused-ring (bicyclic) bond motifs is 1. The number of ether oxygens (including phenoxy) is 2. The van der Waals surface area contributed by atoms with E-state index in [1.54, 1.807) is 6.07 Å². The van der Waals surface area contributed by atoms with E-state index in [9.17, 15) is 31.5 Å². The highest BCUT2D eigenvalue weighted by molar-refractivity contribution is 5.83. The molecule has 0 radical (unpaired) electrons. The van der Waals surface area contributed by atoms with E-state index in [0.29, 0.717) is 17.4 Å². The number of benzene rings is 2. The Kier molecular flexibility index (Phi) is 11.1. The molecule has 2 aromatic carbocycles. The standard InChI is InChI=1S/C31H33F5O5/c1-3-5-6-9-21-10-13-24(26(18-21)31(34,35)36)25-19-22-11-12-23(20-27(22)41-29(25)38)39-16-7-14-30(32,33)15-8-17-40-28(37)4-2/h4,10-13,18-20H,2-3,5-9,14-17H2,1H3. The van der Waals surface area contributed by atoms with E-state index in [1.165, 1.54) is 30.3 Å². The van der Waals surface area contributed by atoms with Gasteiger partial charge < -0.3 is 13.9 Å². The van der Waals surface area contributed by atoms with Crippen LogP contribution < -0.4 is 10.4 Å². The molecule has 0 N–H and O–H groups in total. The number of alkyl halides is 5. The lowest BCUT2D eigenvalue weighted by atomic mass is 9.95. The third-order valence-corrected chi connectivity index (χ3v) is 6.51. The van der Waals surface area contributed by atoms with Crippen LogP contribution in [0.25, 0.3) is 22.1 Å². The van der Waals surface area contributed by atoms with Crippen LogP contribution in [-0.2, 0) is 22.1 Å². The largest absolute Gasteiger partial charge is 0.493 e. The fourth-order valence-corrected chi connectivity index (χ4v) is 4.37. The summed E-state index contributed by atoms with van der Waals surface area (Å²) in [6.07, 6.45) is -1.40. The summed E-state index contributed by atoms with van der Waals surface area (Å²) >= 11 is 0. The Morgan fingerprint density at radius 2 is 1.66 bits per heavy atom. The van der Waals surface area contributed by atoms with Crippen molar-refractivity contribution in [2.75, 3.05) is 13.2 Å². The van der Waals surface area contributed by atoms with Gasteiger partial charge in [0.15, 0.2) is 0 Å². The summed E-state index contributed by atoms with van der Waals surface area (Å²) in [5.74, 6) is -3.36. The monoisotopic (exact) mass is 580 g/mol. The van der Waals surface area contributed by atoms with Crippen LogP contribution in [-0.4, -0.2) is 25.1 Å². The van der Waals surface area contributed by atoms with Crippen molar-refractivity contribution in [3.63, 3.8) is 0 Å². The molecule has 1 aromatic heterocycles. The number of carbonyl (C=O) groups is 1. The van der Waals surface area contributed by atoms with Gasteiger partial charge in [0.1, 0.15) is 11.3 Å². The van der Waals surface area contributed by atoms with Gasteiger partial charge in [-0.25, -0.2) is 18.4 Å². The molecule has 0 bridgehead atoms. The van der Waals surface area contributed by atoms with E-state index in [1.807, 2.05) is 6.92 Å². The highest BCUT2D eigenvalue weighted by Gasteiger charge is 2.35. The van der Waals surface area contributed by atoms with Crippen molar-refractivity contribution in [3.8, 4) is 16.9 Å². The zero-order valence-electron chi connectivity index (χ0n) is 22.8. The number of rotatable bonds is 15. The molecule has 0 aliphatic rings. The SMILES string of the molecule is C=CC(=O)OCCCC(F)(F)CCCOc1ccc2cc(-c3ccc(CCCCC)cc3C(F)(F)F)c(=O)oc2c1. The molecule has 0 aliphatic carbocycles. The van der Waals surface area contributed by atoms with Gasteiger partial charge in [-0.15, -0.1) is 0 Å². The molecule has 10 heteroatoms. The first-order chi connectivity index (χ1) is 19.4. The van der Waals surface area contributed by atoms with Crippen molar-refractivity contribution in [3.05, 3.63) is 76.7 Å². The maximum absolute atomic E-state index is 14.0. The third kappa shape index (κ3) is 9.43. The van der Waals surface area contributed by atoms with Crippen LogP contribution in [0, 0.1) is 0 Å². The fourth-order valence-electron chi connectivity index (χ4n) is 4.37. The smallest absolute Gasteiger partial charge is 0.417 e. The molecule has 0 unspecified atom stereocenters. The average molecular weight is 581 g/mol. The van der Waals surface area contributed by atoms with Crippen molar-refractivity contribution in [2.45, 2.75) is 70.4 Å². The van der Waals surface area contributed by atoms with Crippen LogP contribution in [0.5, 0.6) is 5.75 Å². The summed E-state index contributed by atoms with van der Waals surface area (Å²) < 4.78 is 85.4. The molecule has 0 spiro atoms. The first-order valence-corrected chi connectivity index (χ1v) is 13.5. The molecular formula is C31H33F5O5. The molecule has 41 heavy (non-hydrogen) atoms. The van der Waals surface area contributed by atoms with Crippen LogP contribution in [0.15, 0.2) is 64.3 Å². The van der Waals surface area contributed by atoms with Gasteiger partial charge in [0.05, 0.1) is 24.3 Å². The molecule has 0 atom stereocenters. The number of halogens is 5. The van der Waals surface area contributed by atoms with Gasteiger partial charge in [-0.2, -0.15) is 13.2 Å². The van der Waals surface area contributed by atoms with E-state index in [0.717, 1.165) is 31.4 Å². The number of unbranched alkanes of at least 4 members (excludes halogenated alkanes) is 2. The Morgan fingerprint density at radius 3 is 2.34 bits per heavy atom. The van der Waals surface area contributed by atoms with Crippen LogP contribution in [0.3, 0.4) is 0 Å². The molecule has 3 aromatic rings. The minimum absolute atomic E-state index is 0.00665. The summed E-state index contributed by atoms with van der Waals surface area (Å²) in [4.78, 5) is 23.7. The minimum atomic E-state index is -4.66. The Hall–Kier alpha value is -3.69. The quantitative estimate of drug-likeness (QED) is 0.0593. The number of hydrogen-bond acceptors (Lipinski definition) is 5. The third-order valence-electron chi connectivity index (χ3n) is 6.51. The molecule has 3 rings (SSSR count). The normalized spacial score (nSPS) is 12.0. The molecule has 1 heterocycles. The second kappa shape index (κ2) is 14.3. The Labute approximate surface area is 235 Å².